The van der Waals surface area contributed by atoms with Crippen molar-refractivity contribution in [1.29, 1.82) is 0 Å². The minimum absolute atomic E-state index is 0.190. The molecule has 1 fully saturated rings. The van der Waals surface area contributed by atoms with E-state index in [1.54, 1.807) is 30.1 Å². The quantitative estimate of drug-likeness (QED) is 0.738. The fourth-order valence-corrected chi connectivity index (χ4v) is 3.82. The number of nitrogens with zero attached hydrogens (tertiary/aromatic N) is 3. The minimum atomic E-state index is -0.489. The van der Waals surface area contributed by atoms with Crippen molar-refractivity contribution in [3.8, 4) is 11.3 Å². The van der Waals surface area contributed by atoms with Crippen LogP contribution in [0.25, 0.3) is 11.3 Å². The summed E-state index contributed by atoms with van der Waals surface area (Å²) in [6.45, 7) is 6.24. The number of likely N-dealkylation sites (tertiary alicyclic amines) is 1. The van der Waals surface area contributed by atoms with Crippen molar-refractivity contribution >= 4 is 29.3 Å². The number of benzene rings is 1. The highest BCUT2D eigenvalue weighted by Crippen LogP contribution is 2.30. The molecule has 2 aromatic rings. The Kier molecular flexibility index (Phi) is 6.69. The van der Waals surface area contributed by atoms with Crippen molar-refractivity contribution in [3.05, 3.63) is 41.0 Å². The normalized spacial score (nSPS) is 16.3. The number of aromatic nitrogens is 2. The van der Waals surface area contributed by atoms with Gasteiger partial charge in [0.05, 0.1) is 22.7 Å². The van der Waals surface area contributed by atoms with Crippen molar-refractivity contribution < 1.29 is 14.4 Å². The topological polar surface area (TPSA) is 96.3 Å². The summed E-state index contributed by atoms with van der Waals surface area (Å²) in [4.78, 5) is 39.2. The summed E-state index contributed by atoms with van der Waals surface area (Å²) in [6.07, 6.45) is 3.04. The van der Waals surface area contributed by atoms with E-state index in [1.807, 2.05) is 32.9 Å². The number of likely N-dealkylation sites (N-methyl/N-ethyl adjacent to an activating group) is 1. The summed E-state index contributed by atoms with van der Waals surface area (Å²) < 4.78 is 1.71. The predicted octanol–water partition coefficient (Wildman–Crippen LogP) is 2.43. The molecule has 1 saturated heterocycles. The zero-order valence-electron chi connectivity index (χ0n) is 18.2. The SMILES string of the molecule is CNC(=O)C1CCCN1C(=O)CNC(=O)c1cn(C(C)(C)C)nc1-c1ccccc1Cl. The van der Waals surface area contributed by atoms with Crippen LogP contribution in [0, 0.1) is 0 Å². The first-order valence-corrected chi connectivity index (χ1v) is 10.7. The molecule has 0 radical (unpaired) electrons. The van der Waals surface area contributed by atoms with Crippen LogP contribution in [0.4, 0.5) is 0 Å². The molecule has 31 heavy (non-hydrogen) atoms. The van der Waals surface area contributed by atoms with Crippen molar-refractivity contribution in [1.82, 2.24) is 25.3 Å². The maximum atomic E-state index is 13.0. The molecule has 2 N–H and O–H groups in total. The highest BCUT2D eigenvalue weighted by atomic mass is 35.5. The Morgan fingerprint density at radius 2 is 1.94 bits per heavy atom. The Balaban J connectivity index is 1.81. The van der Waals surface area contributed by atoms with Gasteiger partial charge in [-0.25, -0.2) is 0 Å². The maximum Gasteiger partial charge on any atom is 0.255 e. The Morgan fingerprint density at radius 3 is 2.58 bits per heavy atom. The smallest absolute Gasteiger partial charge is 0.255 e. The lowest BCUT2D eigenvalue weighted by atomic mass is 10.1. The molecule has 0 spiro atoms. The summed E-state index contributed by atoms with van der Waals surface area (Å²) in [7, 11) is 1.55. The molecule has 8 nitrogen and oxygen atoms in total. The fourth-order valence-electron chi connectivity index (χ4n) is 3.59. The zero-order chi connectivity index (χ0) is 22.8. The van der Waals surface area contributed by atoms with Crippen LogP contribution in [0.1, 0.15) is 44.0 Å². The van der Waals surface area contributed by atoms with E-state index in [0.29, 0.717) is 34.8 Å². The molecule has 1 aliphatic rings. The number of hydrogen-bond acceptors (Lipinski definition) is 4. The highest BCUT2D eigenvalue weighted by molar-refractivity contribution is 6.33. The van der Waals surface area contributed by atoms with Gasteiger partial charge in [0.15, 0.2) is 0 Å². The third-order valence-corrected chi connectivity index (χ3v) is 5.63. The molecule has 1 aliphatic heterocycles. The molecule has 3 rings (SSSR count). The monoisotopic (exact) mass is 445 g/mol. The molecule has 1 unspecified atom stereocenters. The Morgan fingerprint density at radius 1 is 1.23 bits per heavy atom. The largest absolute Gasteiger partial charge is 0.357 e. The van der Waals surface area contributed by atoms with Gasteiger partial charge in [-0.2, -0.15) is 5.10 Å². The van der Waals surface area contributed by atoms with Crippen molar-refractivity contribution in [3.63, 3.8) is 0 Å². The summed E-state index contributed by atoms with van der Waals surface area (Å²) >= 11 is 6.35. The maximum absolute atomic E-state index is 13.0. The zero-order valence-corrected chi connectivity index (χ0v) is 19.0. The molecule has 0 saturated carbocycles. The molecule has 0 bridgehead atoms. The summed E-state index contributed by atoms with van der Waals surface area (Å²) in [5.41, 5.74) is 1.08. The molecule has 1 atom stereocenters. The molecular formula is C22H28ClN5O3. The van der Waals surface area contributed by atoms with Crippen LogP contribution in [0.2, 0.25) is 5.02 Å². The number of nitrogens with one attached hydrogen (secondary N) is 2. The van der Waals surface area contributed by atoms with Gasteiger partial charge in [0, 0.05) is 25.4 Å². The number of hydrogen-bond donors (Lipinski definition) is 2. The van der Waals surface area contributed by atoms with E-state index in [-0.39, 0.29) is 23.9 Å². The first kappa shape index (κ1) is 22.8. The van der Waals surface area contributed by atoms with Crippen LogP contribution >= 0.6 is 11.6 Å². The third-order valence-electron chi connectivity index (χ3n) is 5.30. The van der Waals surface area contributed by atoms with Crippen LogP contribution < -0.4 is 10.6 Å². The van der Waals surface area contributed by atoms with E-state index in [1.165, 1.54) is 4.90 Å². The summed E-state index contributed by atoms with van der Waals surface area (Å²) in [6, 6.07) is 6.69. The standard InChI is InChI=1S/C22H28ClN5O3/c1-22(2,3)28-13-15(19(26-28)14-8-5-6-9-16(14)23)20(30)25-12-18(29)27-11-7-10-17(27)21(31)24-4/h5-6,8-9,13,17H,7,10-12H2,1-4H3,(H,24,31)(H,25,30). The Hall–Kier alpha value is -2.87. The van der Waals surface area contributed by atoms with Crippen LogP contribution in [0.15, 0.2) is 30.5 Å². The Labute approximate surface area is 186 Å². The van der Waals surface area contributed by atoms with E-state index in [2.05, 4.69) is 15.7 Å². The third kappa shape index (κ3) is 4.90. The first-order chi connectivity index (χ1) is 14.6. The van der Waals surface area contributed by atoms with Gasteiger partial charge < -0.3 is 15.5 Å². The molecular weight excluding hydrogens is 418 g/mol. The molecule has 9 heteroatoms. The average molecular weight is 446 g/mol. The van der Waals surface area contributed by atoms with Gasteiger partial charge in [-0.1, -0.05) is 29.8 Å². The van der Waals surface area contributed by atoms with Crippen LogP contribution in [-0.2, 0) is 15.1 Å². The molecule has 0 aliphatic carbocycles. The van der Waals surface area contributed by atoms with Gasteiger partial charge in [0.25, 0.3) is 5.91 Å². The van der Waals surface area contributed by atoms with Crippen molar-refractivity contribution in [2.45, 2.75) is 45.2 Å². The number of halogens is 1. The lowest BCUT2D eigenvalue weighted by molar-refractivity contribution is -0.137. The van der Waals surface area contributed by atoms with Gasteiger partial charge in [-0.3, -0.25) is 19.1 Å². The number of carbonyl (C=O) groups excluding carboxylic acids is 3. The van der Waals surface area contributed by atoms with Crippen LogP contribution in [-0.4, -0.2) is 58.6 Å². The number of carbonyl (C=O) groups is 3. The van der Waals surface area contributed by atoms with Crippen molar-refractivity contribution in [2.75, 3.05) is 20.1 Å². The van der Waals surface area contributed by atoms with Gasteiger partial charge in [-0.05, 0) is 39.7 Å². The number of amides is 3. The number of rotatable bonds is 5. The average Bonchev–Trinajstić information content (AvgIpc) is 3.39. The summed E-state index contributed by atoms with van der Waals surface area (Å²) in [5.74, 6) is -0.902. The molecule has 1 aromatic carbocycles. The second-order valence-electron chi connectivity index (χ2n) is 8.53. The van der Waals surface area contributed by atoms with Crippen LogP contribution in [0.3, 0.4) is 0 Å². The second kappa shape index (κ2) is 9.09. The molecule has 166 valence electrons. The molecule has 2 heterocycles. The van der Waals surface area contributed by atoms with Gasteiger partial charge in [0.2, 0.25) is 11.8 Å². The lowest BCUT2D eigenvalue weighted by Crippen LogP contribution is -2.48. The molecule has 3 amide bonds. The second-order valence-corrected chi connectivity index (χ2v) is 8.94. The van der Waals surface area contributed by atoms with Gasteiger partial charge in [0.1, 0.15) is 11.7 Å². The molecule has 1 aromatic heterocycles. The van der Waals surface area contributed by atoms with Gasteiger partial charge >= 0.3 is 0 Å². The van der Waals surface area contributed by atoms with Gasteiger partial charge in [-0.15, -0.1) is 0 Å². The lowest BCUT2D eigenvalue weighted by Gasteiger charge is -2.23. The van der Waals surface area contributed by atoms with E-state index in [4.69, 9.17) is 11.6 Å². The predicted molar refractivity (Wildman–Crippen MR) is 119 cm³/mol. The summed E-state index contributed by atoms with van der Waals surface area (Å²) in [5, 5.41) is 10.4. The van der Waals surface area contributed by atoms with Crippen LogP contribution in [0.5, 0.6) is 0 Å². The first-order valence-electron chi connectivity index (χ1n) is 10.3. The van der Waals surface area contributed by atoms with E-state index in [0.717, 1.165) is 6.42 Å². The van der Waals surface area contributed by atoms with E-state index in [9.17, 15) is 14.4 Å². The van der Waals surface area contributed by atoms with Crippen molar-refractivity contribution in [2.24, 2.45) is 0 Å². The van der Waals surface area contributed by atoms with E-state index < -0.39 is 11.9 Å². The fraction of sp³-hybridized carbons (Fsp3) is 0.455. The minimum Gasteiger partial charge on any atom is -0.357 e. The Bertz CT molecular complexity index is 995. The van der Waals surface area contributed by atoms with E-state index >= 15 is 0 Å². The highest BCUT2D eigenvalue weighted by Gasteiger charge is 2.33.